The predicted molar refractivity (Wildman–Crippen MR) is 90.4 cm³/mol. The van der Waals surface area contributed by atoms with Crippen LogP contribution in [0.5, 0.6) is 0 Å². The molecule has 2 rings (SSSR count). The van der Waals surface area contributed by atoms with Gasteiger partial charge in [0, 0.05) is 23.7 Å². The van der Waals surface area contributed by atoms with E-state index in [1.165, 1.54) is 18.5 Å². The second kappa shape index (κ2) is 7.83. The van der Waals surface area contributed by atoms with Crippen molar-refractivity contribution in [2.45, 2.75) is 13.3 Å². The van der Waals surface area contributed by atoms with E-state index in [1.54, 1.807) is 13.0 Å². The lowest BCUT2D eigenvalue weighted by atomic mass is 10.2. The molecule has 1 amide bonds. The summed E-state index contributed by atoms with van der Waals surface area (Å²) in [6.45, 7) is 1.56. The highest BCUT2D eigenvalue weighted by Gasteiger charge is 2.16. The molecule has 26 heavy (non-hydrogen) atoms. The highest BCUT2D eigenvalue weighted by Crippen LogP contribution is 2.23. The van der Waals surface area contributed by atoms with Crippen LogP contribution in [0.1, 0.15) is 13.3 Å². The summed E-state index contributed by atoms with van der Waals surface area (Å²) in [6.07, 6.45) is 2.06. The third kappa shape index (κ3) is 4.17. The number of nitrogens with zero attached hydrogens (tertiary/aromatic N) is 2. The van der Waals surface area contributed by atoms with Crippen molar-refractivity contribution in [2.24, 2.45) is 0 Å². The molecule has 10 nitrogen and oxygen atoms in total. The molecule has 0 aliphatic rings. The standard InChI is InChI=1S/C16H14N4O6/c1-2-12(21)14(22)20-8-3-4-11-9(5-8)13(19-7-18-11)17-6-10(15(23)24)16(25)26/h3-7H,2H2,1H3,(H,20,22)(H,23,24)(H,25,26)(H,17,18,19). The number of fused-ring (bicyclic) bond motifs is 1. The molecule has 10 heteroatoms. The summed E-state index contributed by atoms with van der Waals surface area (Å²) in [5.74, 6) is -4.45. The zero-order valence-electron chi connectivity index (χ0n) is 13.5. The molecule has 134 valence electrons. The second-order valence-corrected chi connectivity index (χ2v) is 5.00. The normalized spacial score (nSPS) is 10.0. The van der Waals surface area contributed by atoms with Gasteiger partial charge in [-0.2, -0.15) is 0 Å². The first-order chi connectivity index (χ1) is 12.3. The molecule has 0 spiro atoms. The Morgan fingerprint density at radius 3 is 2.42 bits per heavy atom. The molecule has 2 aromatic rings. The Labute approximate surface area is 146 Å². The molecule has 0 saturated carbocycles. The highest BCUT2D eigenvalue weighted by atomic mass is 16.4. The number of benzene rings is 1. The number of Topliss-reactive ketones (excluding diaryl/α,β-unsaturated/α-hetero) is 1. The number of rotatable bonds is 7. The van der Waals surface area contributed by atoms with E-state index < -0.39 is 29.2 Å². The Bertz CT molecular complexity index is 921. The number of carboxylic acids is 2. The first-order valence-electron chi connectivity index (χ1n) is 7.35. The quantitative estimate of drug-likeness (QED) is 0.245. The van der Waals surface area contributed by atoms with Crippen molar-refractivity contribution in [2.75, 3.05) is 10.6 Å². The Balaban J connectivity index is 2.38. The van der Waals surface area contributed by atoms with Crippen LogP contribution in [0.4, 0.5) is 11.5 Å². The number of aliphatic carboxylic acids is 2. The van der Waals surface area contributed by atoms with Crippen LogP contribution in [-0.2, 0) is 19.2 Å². The van der Waals surface area contributed by atoms with Gasteiger partial charge in [0.15, 0.2) is 5.57 Å². The molecule has 0 fully saturated rings. The van der Waals surface area contributed by atoms with Gasteiger partial charge in [0.05, 0.1) is 5.52 Å². The number of anilines is 2. The minimum absolute atomic E-state index is 0.0628. The number of nitrogens with one attached hydrogen (secondary N) is 2. The Morgan fingerprint density at radius 2 is 1.81 bits per heavy atom. The van der Waals surface area contributed by atoms with E-state index in [4.69, 9.17) is 10.2 Å². The average Bonchev–Trinajstić information content (AvgIpc) is 2.60. The molecular weight excluding hydrogens is 344 g/mol. The van der Waals surface area contributed by atoms with Gasteiger partial charge >= 0.3 is 11.9 Å². The molecule has 0 aliphatic carbocycles. The topological polar surface area (TPSA) is 159 Å². The van der Waals surface area contributed by atoms with Gasteiger partial charge in [-0.25, -0.2) is 19.6 Å². The van der Waals surface area contributed by atoms with Crippen LogP contribution in [-0.4, -0.2) is 43.8 Å². The lowest BCUT2D eigenvalue weighted by Gasteiger charge is -2.08. The summed E-state index contributed by atoms with van der Waals surface area (Å²) in [5.41, 5.74) is -0.111. The first kappa shape index (κ1) is 18.5. The molecule has 1 aromatic carbocycles. The van der Waals surface area contributed by atoms with Crippen LogP contribution in [0.15, 0.2) is 36.3 Å². The summed E-state index contributed by atoms with van der Waals surface area (Å²) in [6, 6.07) is 4.58. The van der Waals surface area contributed by atoms with Gasteiger partial charge in [0.2, 0.25) is 5.78 Å². The largest absolute Gasteiger partial charge is 0.477 e. The van der Waals surface area contributed by atoms with Gasteiger partial charge in [-0.15, -0.1) is 0 Å². The summed E-state index contributed by atoms with van der Waals surface area (Å²) in [4.78, 5) is 52.8. The van der Waals surface area contributed by atoms with Crippen LogP contribution < -0.4 is 10.6 Å². The Hall–Kier alpha value is -3.82. The van der Waals surface area contributed by atoms with Crippen LogP contribution in [0.25, 0.3) is 10.9 Å². The van der Waals surface area contributed by atoms with Crippen molar-refractivity contribution in [3.05, 3.63) is 36.3 Å². The lowest BCUT2D eigenvalue weighted by molar-refractivity contribution is -0.140. The Kier molecular flexibility index (Phi) is 5.58. The second-order valence-electron chi connectivity index (χ2n) is 5.00. The molecule has 4 N–H and O–H groups in total. The molecular formula is C16H14N4O6. The van der Waals surface area contributed by atoms with Crippen molar-refractivity contribution in [1.82, 2.24) is 9.97 Å². The maximum Gasteiger partial charge on any atom is 0.344 e. The van der Waals surface area contributed by atoms with E-state index in [2.05, 4.69) is 20.6 Å². The van der Waals surface area contributed by atoms with Crippen molar-refractivity contribution in [3.8, 4) is 0 Å². The van der Waals surface area contributed by atoms with E-state index in [0.29, 0.717) is 16.6 Å². The molecule has 0 atom stereocenters. The first-order valence-corrected chi connectivity index (χ1v) is 7.35. The number of amides is 1. The van der Waals surface area contributed by atoms with Gasteiger partial charge in [0.25, 0.3) is 5.91 Å². The van der Waals surface area contributed by atoms with E-state index in [-0.39, 0.29) is 12.2 Å². The highest BCUT2D eigenvalue weighted by molar-refractivity contribution is 6.40. The van der Waals surface area contributed by atoms with E-state index in [9.17, 15) is 19.2 Å². The molecule has 0 radical (unpaired) electrons. The maximum atomic E-state index is 11.7. The molecule has 0 unspecified atom stereocenters. The van der Waals surface area contributed by atoms with Crippen LogP contribution in [0.2, 0.25) is 0 Å². The molecule has 1 heterocycles. The summed E-state index contributed by atoms with van der Waals surface area (Å²) in [5, 5.41) is 23.0. The van der Waals surface area contributed by atoms with Crippen LogP contribution in [0.3, 0.4) is 0 Å². The molecule has 0 bridgehead atoms. The predicted octanol–water partition coefficient (Wildman–Crippen LogP) is 1.01. The number of carbonyl (C=O) groups is 4. The maximum absolute atomic E-state index is 11.7. The number of aromatic nitrogens is 2. The number of ketones is 1. The smallest absolute Gasteiger partial charge is 0.344 e. The molecule has 0 saturated heterocycles. The van der Waals surface area contributed by atoms with Crippen molar-refractivity contribution < 1.29 is 29.4 Å². The van der Waals surface area contributed by atoms with Crippen molar-refractivity contribution in [3.63, 3.8) is 0 Å². The van der Waals surface area contributed by atoms with E-state index >= 15 is 0 Å². The fourth-order valence-corrected chi connectivity index (χ4v) is 1.97. The number of hydrogen-bond donors (Lipinski definition) is 4. The van der Waals surface area contributed by atoms with Crippen LogP contribution >= 0.6 is 0 Å². The third-order valence-electron chi connectivity index (χ3n) is 3.28. The summed E-state index contributed by atoms with van der Waals surface area (Å²) < 4.78 is 0. The number of carboxylic acid groups (broad SMARTS) is 2. The average molecular weight is 358 g/mol. The minimum atomic E-state index is -1.62. The van der Waals surface area contributed by atoms with E-state index in [1.807, 2.05) is 0 Å². The number of carbonyl (C=O) groups excluding carboxylic acids is 2. The van der Waals surface area contributed by atoms with Crippen molar-refractivity contribution in [1.29, 1.82) is 0 Å². The SMILES string of the molecule is CCC(=O)C(=O)Nc1ccc2ncnc(NC=C(C(=O)O)C(=O)O)c2c1. The fourth-order valence-electron chi connectivity index (χ4n) is 1.97. The third-order valence-corrected chi connectivity index (χ3v) is 3.28. The lowest BCUT2D eigenvalue weighted by Crippen LogP contribution is -2.21. The summed E-state index contributed by atoms with van der Waals surface area (Å²) >= 11 is 0. The van der Waals surface area contributed by atoms with Gasteiger partial charge in [-0.05, 0) is 18.2 Å². The van der Waals surface area contributed by atoms with Gasteiger partial charge in [-0.1, -0.05) is 6.92 Å². The molecule has 0 aliphatic heterocycles. The van der Waals surface area contributed by atoms with E-state index in [0.717, 1.165) is 6.20 Å². The zero-order chi connectivity index (χ0) is 19.3. The van der Waals surface area contributed by atoms with Gasteiger partial charge < -0.3 is 20.8 Å². The zero-order valence-corrected chi connectivity index (χ0v) is 13.5. The number of hydrogen-bond acceptors (Lipinski definition) is 7. The minimum Gasteiger partial charge on any atom is -0.477 e. The Morgan fingerprint density at radius 1 is 1.12 bits per heavy atom. The fraction of sp³-hybridized carbons (Fsp3) is 0.125. The monoisotopic (exact) mass is 358 g/mol. The van der Waals surface area contributed by atoms with Crippen molar-refractivity contribution >= 4 is 46.0 Å². The van der Waals surface area contributed by atoms with Gasteiger partial charge in [0.1, 0.15) is 12.1 Å². The molecule has 1 aromatic heterocycles. The summed E-state index contributed by atoms with van der Waals surface area (Å²) in [7, 11) is 0. The van der Waals surface area contributed by atoms with Gasteiger partial charge in [-0.3, -0.25) is 9.59 Å². The van der Waals surface area contributed by atoms with Crippen LogP contribution in [0, 0.1) is 0 Å².